The van der Waals surface area contributed by atoms with Gasteiger partial charge in [0, 0.05) is 12.1 Å². The first kappa shape index (κ1) is 13.9. The molecule has 0 saturated carbocycles. The van der Waals surface area contributed by atoms with Crippen molar-refractivity contribution < 1.29 is 0 Å². The molecule has 2 aromatic rings. The van der Waals surface area contributed by atoms with Crippen LogP contribution in [0.2, 0.25) is 0 Å². The normalized spacial score (nSPS) is 10.9. The molecule has 0 fully saturated rings. The van der Waals surface area contributed by atoms with Crippen LogP contribution in [0, 0.1) is 17.5 Å². The number of aryl methyl sites for hydroxylation is 1. The highest BCUT2D eigenvalue weighted by Crippen LogP contribution is 2.11. The average molecular weight is 272 g/mol. The molecule has 1 aromatic heterocycles. The molecule has 1 aromatic carbocycles. The van der Waals surface area contributed by atoms with Gasteiger partial charge in [-0.1, -0.05) is 55.9 Å². The average Bonchev–Trinajstić information content (AvgIpc) is 2.26. The van der Waals surface area contributed by atoms with Crippen LogP contribution in [0.1, 0.15) is 36.5 Å². The van der Waals surface area contributed by atoms with Crippen molar-refractivity contribution in [1.29, 1.82) is 0 Å². The number of aromatic nitrogens is 2. The Morgan fingerprint density at radius 1 is 1.26 bits per heavy atom. The molecule has 0 saturated heterocycles. The van der Waals surface area contributed by atoms with Crippen LogP contribution in [0.4, 0.5) is 0 Å². The van der Waals surface area contributed by atoms with E-state index in [-0.39, 0.29) is 0 Å². The largest absolute Gasteiger partial charge is 0.347 e. The maximum atomic E-state index is 5.25. The zero-order chi connectivity index (χ0) is 13.8. The smallest absolute Gasteiger partial charge is 0.130 e. The number of benzene rings is 1. The minimum Gasteiger partial charge on any atom is -0.347 e. The molecule has 0 aliphatic rings. The molecule has 3 heteroatoms. The monoisotopic (exact) mass is 272 g/mol. The summed E-state index contributed by atoms with van der Waals surface area (Å²) in [6.07, 6.45) is 1.81. The van der Waals surface area contributed by atoms with Gasteiger partial charge in [0.05, 0.1) is 0 Å². The molecule has 1 heterocycles. The second-order valence-electron chi connectivity index (χ2n) is 5.46. The summed E-state index contributed by atoms with van der Waals surface area (Å²) in [7, 11) is 0. The standard InChI is InChI=1S/C16H20N2S/c1-11(2)7-14-10-16(19)18-15(17-14)9-13-6-4-5-12(3)8-13/h4-6,8,10-11H,7,9H2,1-3H3,(H,17,18,19). The lowest BCUT2D eigenvalue weighted by atomic mass is 10.1. The van der Waals surface area contributed by atoms with Crippen molar-refractivity contribution in [2.24, 2.45) is 5.92 Å². The van der Waals surface area contributed by atoms with E-state index in [0.717, 1.165) is 18.7 Å². The van der Waals surface area contributed by atoms with Gasteiger partial charge in [0.1, 0.15) is 10.5 Å². The lowest BCUT2D eigenvalue weighted by molar-refractivity contribution is 0.630. The third-order valence-corrected chi connectivity index (χ3v) is 3.14. The second-order valence-corrected chi connectivity index (χ2v) is 5.87. The number of hydrogen-bond donors (Lipinski definition) is 1. The van der Waals surface area contributed by atoms with Crippen LogP contribution in [0.25, 0.3) is 0 Å². The summed E-state index contributed by atoms with van der Waals surface area (Å²) in [6.45, 7) is 6.52. The zero-order valence-corrected chi connectivity index (χ0v) is 12.6. The van der Waals surface area contributed by atoms with Gasteiger partial charge in [0.25, 0.3) is 0 Å². The molecular formula is C16H20N2S. The highest BCUT2D eigenvalue weighted by molar-refractivity contribution is 7.71. The maximum Gasteiger partial charge on any atom is 0.130 e. The molecule has 100 valence electrons. The van der Waals surface area contributed by atoms with E-state index >= 15 is 0 Å². The van der Waals surface area contributed by atoms with Crippen molar-refractivity contribution in [2.75, 3.05) is 0 Å². The summed E-state index contributed by atoms with van der Waals surface area (Å²) in [5, 5.41) is 0. The zero-order valence-electron chi connectivity index (χ0n) is 11.7. The van der Waals surface area contributed by atoms with Crippen LogP contribution < -0.4 is 0 Å². The van der Waals surface area contributed by atoms with E-state index < -0.39 is 0 Å². The van der Waals surface area contributed by atoms with Gasteiger partial charge in [-0.05, 0) is 30.9 Å². The van der Waals surface area contributed by atoms with Crippen molar-refractivity contribution in [3.8, 4) is 0 Å². The quantitative estimate of drug-likeness (QED) is 0.843. The summed E-state index contributed by atoms with van der Waals surface area (Å²) < 4.78 is 0.678. The fraction of sp³-hybridized carbons (Fsp3) is 0.375. The summed E-state index contributed by atoms with van der Waals surface area (Å²) in [4.78, 5) is 7.83. The van der Waals surface area contributed by atoms with E-state index in [1.54, 1.807) is 0 Å². The Kier molecular flexibility index (Phi) is 4.48. The summed E-state index contributed by atoms with van der Waals surface area (Å²) >= 11 is 5.25. The van der Waals surface area contributed by atoms with Crippen LogP contribution in [-0.2, 0) is 12.8 Å². The SMILES string of the molecule is Cc1cccc(Cc2nc(=S)cc(CC(C)C)[nH]2)c1. The van der Waals surface area contributed by atoms with Crippen molar-refractivity contribution in [3.05, 3.63) is 57.6 Å². The van der Waals surface area contributed by atoms with Gasteiger partial charge >= 0.3 is 0 Å². The lowest BCUT2D eigenvalue weighted by Gasteiger charge is -2.08. The Morgan fingerprint density at radius 3 is 2.74 bits per heavy atom. The van der Waals surface area contributed by atoms with Gasteiger partial charge in [0.2, 0.25) is 0 Å². The molecule has 2 rings (SSSR count). The maximum absolute atomic E-state index is 5.25. The molecule has 19 heavy (non-hydrogen) atoms. The molecular weight excluding hydrogens is 252 g/mol. The molecule has 0 bridgehead atoms. The van der Waals surface area contributed by atoms with E-state index in [1.165, 1.54) is 16.8 Å². The molecule has 0 radical (unpaired) electrons. The Morgan fingerprint density at radius 2 is 2.05 bits per heavy atom. The fourth-order valence-electron chi connectivity index (χ4n) is 2.21. The van der Waals surface area contributed by atoms with E-state index in [9.17, 15) is 0 Å². The summed E-state index contributed by atoms with van der Waals surface area (Å²) in [6, 6.07) is 10.5. The van der Waals surface area contributed by atoms with Gasteiger partial charge in [-0.3, -0.25) is 0 Å². The van der Waals surface area contributed by atoms with Gasteiger partial charge in [-0.15, -0.1) is 0 Å². The highest BCUT2D eigenvalue weighted by atomic mass is 32.1. The molecule has 1 N–H and O–H groups in total. The van der Waals surface area contributed by atoms with Crippen molar-refractivity contribution in [3.63, 3.8) is 0 Å². The number of aromatic amines is 1. The molecule has 0 aliphatic carbocycles. The van der Waals surface area contributed by atoms with Crippen LogP contribution in [0.5, 0.6) is 0 Å². The number of rotatable bonds is 4. The lowest BCUT2D eigenvalue weighted by Crippen LogP contribution is -2.04. The van der Waals surface area contributed by atoms with Gasteiger partial charge < -0.3 is 4.98 Å². The molecule has 0 aliphatic heterocycles. The Labute approximate surface area is 119 Å². The second kappa shape index (κ2) is 6.11. The predicted molar refractivity (Wildman–Crippen MR) is 81.9 cm³/mol. The molecule has 2 nitrogen and oxygen atoms in total. The predicted octanol–water partition coefficient (Wildman–Crippen LogP) is 4.24. The van der Waals surface area contributed by atoms with Gasteiger partial charge in [-0.25, -0.2) is 4.98 Å². The third-order valence-electron chi connectivity index (χ3n) is 2.93. The minimum absolute atomic E-state index is 0.611. The first-order chi connectivity index (χ1) is 9.02. The van der Waals surface area contributed by atoms with Crippen molar-refractivity contribution in [2.45, 2.75) is 33.6 Å². The topological polar surface area (TPSA) is 28.7 Å². The molecule has 0 spiro atoms. The van der Waals surface area contributed by atoms with E-state index in [1.807, 2.05) is 6.07 Å². The number of nitrogens with one attached hydrogen (secondary N) is 1. The van der Waals surface area contributed by atoms with Crippen molar-refractivity contribution in [1.82, 2.24) is 9.97 Å². The summed E-state index contributed by atoms with van der Waals surface area (Å²) in [5.74, 6) is 1.56. The number of nitrogens with zero attached hydrogens (tertiary/aromatic N) is 1. The third kappa shape index (κ3) is 4.28. The highest BCUT2D eigenvalue weighted by Gasteiger charge is 2.03. The van der Waals surface area contributed by atoms with Gasteiger partial charge in [-0.2, -0.15) is 0 Å². The minimum atomic E-state index is 0.611. The van der Waals surface area contributed by atoms with Gasteiger partial charge in [0.15, 0.2) is 0 Å². The summed E-state index contributed by atoms with van der Waals surface area (Å²) in [5.41, 5.74) is 3.71. The van der Waals surface area contributed by atoms with E-state index in [0.29, 0.717) is 10.6 Å². The Bertz CT molecular complexity index is 614. The van der Waals surface area contributed by atoms with E-state index in [4.69, 9.17) is 12.2 Å². The van der Waals surface area contributed by atoms with Crippen LogP contribution >= 0.6 is 12.2 Å². The first-order valence-electron chi connectivity index (χ1n) is 6.67. The van der Waals surface area contributed by atoms with Crippen LogP contribution in [0.3, 0.4) is 0 Å². The van der Waals surface area contributed by atoms with E-state index in [2.05, 4.69) is 55.0 Å². The first-order valence-corrected chi connectivity index (χ1v) is 7.08. The van der Waals surface area contributed by atoms with Crippen LogP contribution in [-0.4, -0.2) is 9.97 Å². The molecule has 0 amide bonds. The number of hydrogen-bond acceptors (Lipinski definition) is 2. The number of H-pyrrole nitrogens is 1. The molecule has 0 atom stereocenters. The Balaban J connectivity index is 2.25. The van der Waals surface area contributed by atoms with Crippen molar-refractivity contribution >= 4 is 12.2 Å². The fourth-order valence-corrected chi connectivity index (χ4v) is 2.47. The molecule has 0 unspecified atom stereocenters. The van der Waals surface area contributed by atoms with Crippen LogP contribution in [0.15, 0.2) is 30.3 Å². The Hall–Kier alpha value is -1.48.